The van der Waals surface area contributed by atoms with Crippen LogP contribution in [0.5, 0.6) is 0 Å². The molecule has 1 spiro atoms. The Kier molecular flexibility index (Phi) is 3.43. The molecule has 3 aliphatic rings. The van der Waals surface area contributed by atoms with E-state index in [9.17, 15) is 4.79 Å². The molecule has 3 fully saturated rings. The van der Waals surface area contributed by atoms with Crippen molar-refractivity contribution in [2.24, 2.45) is 0 Å². The first-order valence-electron chi connectivity index (χ1n) is 7.28. The van der Waals surface area contributed by atoms with E-state index in [0.717, 1.165) is 45.6 Å². The predicted octanol–water partition coefficient (Wildman–Crippen LogP) is 0.230. The zero-order valence-corrected chi connectivity index (χ0v) is 11.1. The summed E-state index contributed by atoms with van der Waals surface area (Å²) in [5, 5.41) is 6.59. The van der Waals surface area contributed by atoms with Crippen LogP contribution in [-0.4, -0.2) is 67.2 Å². The van der Waals surface area contributed by atoms with Gasteiger partial charge in [0.1, 0.15) is 0 Å². The van der Waals surface area contributed by atoms with Crippen LogP contribution in [0.2, 0.25) is 0 Å². The lowest BCUT2D eigenvalue weighted by atomic mass is 9.89. The number of carbonyl (C=O) groups is 1. The summed E-state index contributed by atoms with van der Waals surface area (Å²) in [7, 11) is 0. The molecule has 0 aromatic heterocycles. The normalized spacial score (nSPS) is 28.0. The van der Waals surface area contributed by atoms with E-state index in [4.69, 9.17) is 0 Å². The predicted molar refractivity (Wildman–Crippen MR) is 70.6 cm³/mol. The number of hydrogen-bond donors (Lipinski definition) is 2. The molecule has 5 heteroatoms. The largest absolute Gasteiger partial charge is 0.331 e. The molecular weight excluding hydrogens is 228 g/mol. The number of rotatable bonds is 3. The number of nitrogens with one attached hydrogen (secondary N) is 2. The summed E-state index contributed by atoms with van der Waals surface area (Å²) in [6.45, 7) is 7.32. The van der Waals surface area contributed by atoms with Gasteiger partial charge in [0.25, 0.3) is 0 Å². The third-order valence-corrected chi connectivity index (χ3v) is 4.60. The van der Waals surface area contributed by atoms with Gasteiger partial charge in [-0.2, -0.15) is 0 Å². The van der Waals surface area contributed by atoms with E-state index >= 15 is 0 Å². The molecule has 2 N–H and O–H groups in total. The minimum atomic E-state index is 0.0628. The van der Waals surface area contributed by atoms with Crippen LogP contribution in [0, 0.1) is 0 Å². The van der Waals surface area contributed by atoms with E-state index < -0.39 is 0 Å². The van der Waals surface area contributed by atoms with Crippen molar-refractivity contribution in [3.8, 4) is 0 Å². The number of piperidine rings is 1. The van der Waals surface area contributed by atoms with E-state index in [0.29, 0.717) is 0 Å². The average molecular weight is 252 g/mol. The van der Waals surface area contributed by atoms with Crippen molar-refractivity contribution in [2.75, 3.05) is 45.8 Å². The Hall–Kier alpha value is -0.810. The monoisotopic (exact) mass is 252 g/mol. The van der Waals surface area contributed by atoms with Gasteiger partial charge < -0.3 is 20.4 Å². The number of likely N-dealkylation sites (tertiary alicyclic amines) is 1. The second-order valence-electron chi connectivity index (χ2n) is 5.93. The van der Waals surface area contributed by atoms with Crippen molar-refractivity contribution >= 4 is 6.03 Å². The standard InChI is InChI=1S/C13H24N4O/c18-12-15-13(3-5-14-6-4-13)11-17(12)10-9-16-7-1-2-8-16/h14H,1-11H2,(H,15,18). The van der Waals surface area contributed by atoms with Crippen LogP contribution >= 0.6 is 0 Å². The molecule has 3 saturated heterocycles. The Bertz CT molecular complexity index is 308. The highest BCUT2D eigenvalue weighted by Crippen LogP contribution is 2.25. The van der Waals surface area contributed by atoms with Crippen LogP contribution in [0.15, 0.2) is 0 Å². The molecule has 3 heterocycles. The summed E-state index contributed by atoms with van der Waals surface area (Å²) in [6.07, 6.45) is 4.78. The highest BCUT2D eigenvalue weighted by molar-refractivity contribution is 5.78. The number of urea groups is 1. The number of carbonyl (C=O) groups excluding carboxylic acids is 1. The van der Waals surface area contributed by atoms with E-state index in [-0.39, 0.29) is 11.6 Å². The average Bonchev–Trinajstić information content (AvgIpc) is 2.97. The highest BCUT2D eigenvalue weighted by atomic mass is 16.2. The van der Waals surface area contributed by atoms with Crippen LogP contribution in [0.4, 0.5) is 4.79 Å². The van der Waals surface area contributed by atoms with Gasteiger partial charge in [-0.05, 0) is 51.9 Å². The Morgan fingerprint density at radius 1 is 1.11 bits per heavy atom. The van der Waals surface area contributed by atoms with Crippen LogP contribution in [0.1, 0.15) is 25.7 Å². The molecule has 0 atom stereocenters. The first-order valence-corrected chi connectivity index (χ1v) is 7.28. The van der Waals surface area contributed by atoms with Crippen LogP contribution in [0.25, 0.3) is 0 Å². The maximum atomic E-state index is 12.0. The maximum absolute atomic E-state index is 12.0. The van der Waals surface area contributed by atoms with Gasteiger partial charge in [0, 0.05) is 19.6 Å². The fourth-order valence-corrected chi connectivity index (χ4v) is 3.42. The van der Waals surface area contributed by atoms with Crippen LogP contribution in [-0.2, 0) is 0 Å². The third kappa shape index (κ3) is 2.47. The topological polar surface area (TPSA) is 47.6 Å². The first-order chi connectivity index (χ1) is 8.77. The Morgan fingerprint density at radius 3 is 2.56 bits per heavy atom. The zero-order valence-electron chi connectivity index (χ0n) is 11.1. The van der Waals surface area contributed by atoms with Gasteiger partial charge in [0.15, 0.2) is 0 Å². The van der Waals surface area contributed by atoms with Crippen molar-refractivity contribution in [3.63, 3.8) is 0 Å². The molecular formula is C13H24N4O. The fraction of sp³-hybridized carbons (Fsp3) is 0.923. The lowest BCUT2D eigenvalue weighted by molar-refractivity contribution is 0.206. The second kappa shape index (κ2) is 5.05. The molecule has 3 aliphatic heterocycles. The number of amides is 2. The Balaban J connectivity index is 1.52. The molecule has 0 radical (unpaired) electrons. The molecule has 0 aromatic carbocycles. The summed E-state index contributed by atoms with van der Waals surface area (Å²) in [5.41, 5.74) is 0.0628. The van der Waals surface area contributed by atoms with Gasteiger partial charge in [-0.3, -0.25) is 0 Å². The summed E-state index contributed by atoms with van der Waals surface area (Å²) in [6, 6.07) is 0.149. The van der Waals surface area contributed by atoms with Crippen molar-refractivity contribution in [2.45, 2.75) is 31.2 Å². The lowest BCUT2D eigenvalue weighted by Crippen LogP contribution is -2.51. The van der Waals surface area contributed by atoms with Gasteiger partial charge in [0.2, 0.25) is 0 Å². The fourth-order valence-electron chi connectivity index (χ4n) is 3.42. The molecule has 5 nitrogen and oxygen atoms in total. The van der Waals surface area contributed by atoms with E-state index in [1.165, 1.54) is 25.9 Å². The van der Waals surface area contributed by atoms with E-state index in [1.807, 2.05) is 4.90 Å². The van der Waals surface area contributed by atoms with Crippen molar-refractivity contribution in [1.82, 2.24) is 20.4 Å². The van der Waals surface area contributed by atoms with Gasteiger partial charge in [-0.15, -0.1) is 0 Å². The molecule has 0 unspecified atom stereocenters. The van der Waals surface area contributed by atoms with Crippen molar-refractivity contribution in [3.05, 3.63) is 0 Å². The van der Waals surface area contributed by atoms with Crippen LogP contribution in [0.3, 0.4) is 0 Å². The van der Waals surface area contributed by atoms with Gasteiger partial charge in [-0.1, -0.05) is 0 Å². The van der Waals surface area contributed by atoms with Crippen molar-refractivity contribution < 1.29 is 4.79 Å². The second-order valence-corrected chi connectivity index (χ2v) is 5.93. The maximum Gasteiger partial charge on any atom is 0.318 e. The zero-order chi connectivity index (χ0) is 12.4. The summed E-state index contributed by atoms with van der Waals surface area (Å²) in [4.78, 5) is 16.5. The van der Waals surface area contributed by atoms with E-state index in [1.54, 1.807) is 0 Å². The van der Waals surface area contributed by atoms with Gasteiger partial charge in [-0.25, -0.2) is 4.79 Å². The minimum Gasteiger partial charge on any atom is -0.331 e. The summed E-state index contributed by atoms with van der Waals surface area (Å²) in [5.74, 6) is 0. The summed E-state index contributed by atoms with van der Waals surface area (Å²) < 4.78 is 0. The van der Waals surface area contributed by atoms with Gasteiger partial charge in [0.05, 0.1) is 5.54 Å². The SMILES string of the molecule is O=C1NC2(CCNCC2)CN1CCN1CCCC1. The molecule has 0 bridgehead atoms. The summed E-state index contributed by atoms with van der Waals surface area (Å²) >= 11 is 0. The molecule has 3 rings (SSSR count). The van der Waals surface area contributed by atoms with Gasteiger partial charge >= 0.3 is 6.03 Å². The minimum absolute atomic E-state index is 0.0628. The molecule has 0 aliphatic carbocycles. The Morgan fingerprint density at radius 2 is 1.83 bits per heavy atom. The molecule has 0 aromatic rings. The number of nitrogens with zero attached hydrogens (tertiary/aromatic N) is 2. The molecule has 102 valence electrons. The Labute approximate surface area is 109 Å². The lowest BCUT2D eigenvalue weighted by Gasteiger charge is -2.33. The highest BCUT2D eigenvalue weighted by Gasteiger charge is 2.42. The third-order valence-electron chi connectivity index (χ3n) is 4.60. The number of hydrogen-bond acceptors (Lipinski definition) is 3. The smallest absolute Gasteiger partial charge is 0.318 e. The first kappa shape index (κ1) is 12.2. The quantitative estimate of drug-likeness (QED) is 0.756. The van der Waals surface area contributed by atoms with Crippen molar-refractivity contribution in [1.29, 1.82) is 0 Å². The molecule has 2 amide bonds. The molecule has 18 heavy (non-hydrogen) atoms. The molecule has 0 saturated carbocycles. The van der Waals surface area contributed by atoms with Crippen LogP contribution < -0.4 is 10.6 Å². The van der Waals surface area contributed by atoms with E-state index in [2.05, 4.69) is 15.5 Å².